The Morgan fingerprint density at radius 2 is 1.64 bits per heavy atom. The lowest BCUT2D eigenvalue weighted by molar-refractivity contribution is 0.0628. The molecule has 172 valence electrons. The predicted molar refractivity (Wildman–Crippen MR) is 124 cm³/mol. The highest BCUT2D eigenvalue weighted by Crippen LogP contribution is 2.16. The molecule has 7 nitrogen and oxygen atoms in total. The molecule has 0 aliphatic carbocycles. The molecule has 33 heavy (non-hydrogen) atoms. The molecule has 0 bridgehead atoms. The van der Waals surface area contributed by atoms with Gasteiger partial charge in [0.15, 0.2) is 0 Å². The molecule has 0 saturated carbocycles. The fraction of sp³-hybridized carbons (Fsp3) is 0.333. The van der Waals surface area contributed by atoms with Crippen LogP contribution in [0.2, 0.25) is 0 Å². The third-order valence-corrected chi connectivity index (χ3v) is 6.56. The molecule has 2 heterocycles. The fourth-order valence-corrected chi connectivity index (χ4v) is 4.43. The number of nitrogens with zero attached hydrogens (tertiary/aromatic N) is 4. The van der Waals surface area contributed by atoms with E-state index < -0.39 is 0 Å². The standard InChI is InChI=1S/C24H26FN5O2S/c1-2-17-3-7-19(8-4-17)24(32)30-13-11-29(12-14-30)16-21-27-28-23(33-21)22(31)26-15-18-5-9-20(25)10-6-18/h3-10H,2,11-16H2,1H3,(H,26,31). The maximum atomic E-state index is 13.0. The van der Waals surface area contributed by atoms with Gasteiger partial charge in [0.1, 0.15) is 10.8 Å². The molecule has 2 amide bonds. The van der Waals surface area contributed by atoms with Crippen molar-refractivity contribution in [2.24, 2.45) is 0 Å². The van der Waals surface area contributed by atoms with Gasteiger partial charge in [-0.25, -0.2) is 4.39 Å². The number of aryl methyl sites for hydroxylation is 1. The van der Waals surface area contributed by atoms with Gasteiger partial charge < -0.3 is 10.2 Å². The molecule has 1 saturated heterocycles. The number of hydrogen-bond acceptors (Lipinski definition) is 6. The Hall–Kier alpha value is -3.17. The molecule has 0 radical (unpaired) electrons. The van der Waals surface area contributed by atoms with Gasteiger partial charge in [-0.15, -0.1) is 10.2 Å². The van der Waals surface area contributed by atoms with E-state index in [1.54, 1.807) is 12.1 Å². The van der Waals surface area contributed by atoms with Crippen LogP contribution in [0.25, 0.3) is 0 Å². The maximum absolute atomic E-state index is 13.0. The third kappa shape index (κ3) is 6.00. The first-order valence-electron chi connectivity index (χ1n) is 11.0. The molecule has 1 aliphatic rings. The minimum Gasteiger partial charge on any atom is -0.346 e. The van der Waals surface area contributed by atoms with E-state index in [9.17, 15) is 14.0 Å². The average molecular weight is 468 g/mol. The van der Waals surface area contributed by atoms with Crippen LogP contribution < -0.4 is 5.32 Å². The average Bonchev–Trinajstić information content (AvgIpc) is 3.32. The van der Waals surface area contributed by atoms with Crippen LogP contribution in [-0.2, 0) is 19.5 Å². The van der Waals surface area contributed by atoms with Crippen LogP contribution in [0.3, 0.4) is 0 Å². The smallest absolute Gasteiger partial charge is 0.282 e. The minimum absolute atomic E-state index is 0.0633. The number of hydrogen-bond donors (Lipinski definition) is 1. The summed E-state index contributed by atoms with van der Waals surface area (Å²) in [7, 11) is 0. The number of nitrogens with one attached hydrogen (secondary N) is 1. The van der Waals surface area contributed by atoms with Crippen LogP contribution in [0.15, 0.2) is 48.5 Å². The summed E-state index contributed by atoms with van der Waals surface area (Å²) in [5.74, 6) is -0.546. The van der Waals surface area contributed by atoms with Crippen LogP contribution in [0, 0.1) is 5.82 Å². The third-order valence-electron chi connectivity index (χ3n) is 5.65. The van der Waals surface area contributed by atoms with E-state index in [0.717, 1.165) is 35.6 Å². The van der Waals surface area contributed by atoms with E-state index in [4.69, 9.17) is 0 Å². The second-order valence-corrected chi connectivity index (χ2v) is 8.99. The van der Waals surface area contributed by atoms with Crippen molar-refractivity contribution in [1.29, 1.82) is 0 Å². The highest BCUT2D eigenvalue weighted by molar-refractivity contribution is 7.13. The number of piperazine rings is 1. The number of benzene rings is 2. The summed E-state index contributed by atoms with van der Waals surface area (Å²) in [6, 6.07) is 13.8. The lowest BCUT2D eigenvalue weighted by Crippen LogP contribution is -2.48. The van der Waals surface area contributed by atoms with Crippen LogP contribution in [-0.4, -0.2) is 58.0 Å². The molecule has 2 aromatic carbocycles. The van der Waals surface area contributed by atoms with Gasteiger partial charge in [-0.05, 0) is 41.8 Å². The van der Waals surface area contributed by atoms with Crippen molar-refractivity contribution < 1.29 is 14.0 Å². The van der Waals surface area contributed by atoms with Gasteiger partial charge in [-0.1, -0.05) is 42.5 Å². The van der Waals surface area contributed by atoms with Gasteiger partial charge in [-0.3, -0.25) is 14.5 Å². The highest BCUT2D eigenvalue weighted by Gasteiger charge is 2.23. The molecule has 9 heteroatoms. The second kappa shape index (κ2) is 10.6. The highest BCUT2D eigenvalue weighted by atomic mass is 32.1. The summed E-state index contributed by atoms with van der Waals surface area (Å²) >= 11 is 1.26. The van der Waals surface area contributed by atoms with Crippen molar-refractivity contribution in [3.63, 3.8) is 0 Å². The summed E-state index contributed by atoms with van der Waals surface area (Å²) < 4.78 is 13.0. The lowest BCUT2D eigenvalue weighted by atomic mass is 10.1. The molecule has 0 spiro atoms. The molecule has 0 atom stereocenters. The molecule has 1 fully saturated rings. The largest absolute Gasteiger partial charge is 0.346 e. The monoisotopic (exact) mass is 467 g/mol. The first-order valence-corrected chi connectivity index (χ1v) is 11.8. The number of amides is 2. The topological polar surface area (TPSA) is 78.4 Å². The van der Waals surface area contributed by atoms with Crippen LogP contribution in [0.4, 0.5) is 4.39 Å². The van der Waals surface area contributed by atoms with Crippen LogP contribution >= 0.6 is 11.3 Å². The predicted octanol–water partition coefficient (Wildman–Crippen LogP) is 3.13. The summed E-state index contributed by atoms with van der Waals surface area (Å²) in [5, 5.41) is 12.0. The van der Waals surface area contributed by atoms with Crippen molar-refractivity contribution in [2.45, 2.75) is 26.4 Å². The van der Waals surface area contributed by atoms with Gasteiger partial charge >= 0.3 is 0 Å². The first-order chi connectivity index (χ1) is 16.0. The van der Waals surface area contributed by atoms with Crippen LogP contribution in [0.1, 0.15) is 43.2 Å². The number of aromatic nitrogens is 2. The van der Waals surface area contributed by atoms with Gasteiger partial charge in [0.25, 0.3) is 11.8 Å². The quantitative estimate of drug-likeness (QED) is 0.578. The molecule has 3 aromatic rings. The number of halogens is 1. The Balaban J connectivity index is 1.24. The lowest BCUT2D eigenvalue weighted by Gasteiger charge is -2.34. The molecule has 1 aromatic heterocycles. The van der Waals surface area contributed by atoms with E-state index in [0.29, 0.717) is 31.2 Å². The van der Waals surface area contributed by atoms with Gasteiger partial charge in [0, 0.05) is 38.3 Å². The number of rotatable bonds is 7. The Morgan fingerprint density at radius 3 is 2.30 bits per heavy atom. The van der Waals surface area contributed by atoms with Crippen molar-refractivity contribution >= 4 is 23.2 Å². The Labute approximate surface area is 196 Å². The zero-order valence-corrected chi connectivity index (χ0v) is 19.3. The summed E-state index contributed by atoms with van der Waals surface area (Å²) in [4.78, 5) is 29.2. The van der Waals surface area contributed by atoms with E-state index in [-0.39, 0.29) is 17.6 Å². The Morgan fingerprint density at radius 1 is 0.970 bits per heavy atom. The Kier molecular flexibility index (Phi) is 7.41. The van der Waals surface area contributed by atoms with Crippen molar-refractivity contribution in [3.8, 4) is 0 Å². The fourth-order valence-electron chi connectivity index (χ4n) is 3.64. The SMILES string of the molecule is CCc1ccc(C(=O)N2CCN(Cc3nnc(C(=O)NCc4ccc(F)cc4)s3)CC2)cc1. The van der Waals surface area contributed by atoms with Crippen LogP contribution in [0.5, 0.6) is 0 Å². The maximum Gasteiger partial charge on any atom is 0.282 e. The van der Waals surface area contributed by atoms with Gasteiger partial charge in [0.2, 0.25) is 5.01 Å². The Bertz CT molecular complexity index is 1090. The first kappa shape index (κ1) is 23.0. The van der Waals surface area contributed by atoms with Crippen molar-refractivity contribution in [1.82, 2.24) is 25.3 Å². The van der Waals surface area contributed by atoms with E-state index in [1.165, 1.54) is 29.0 Å². The molecule has 4 rings (SSSR count). The molecular weight excluding hydrogens is 441 g/mol. The molecule has 1 N–H and O–H groups in total. The zero-order chi connectivity index (χ0) is 23.2. The van der Waals surface area contributed by atoms with E-state index >= 15 is 0 Å². The second-order valence-electron chi connectivity index (χ2n) is 7.93. The van der Waals surface area contributed by atoms with Gasteiger partial charge in [-0.2, -0.15) is 0 Å². The zero-order valence-electron chi connectivity index (χ0n) is 18.5. The molecular formula is C24H26FN5O2S. The summed E-state index contributed by atoms with van der Waals surface area (Å²) in [5.41, 5.74) is 2.75. The van der Waals surface area contributed by atoms with Crippen molar-refractivity contribution in [3.05, 3.63) is 81.1 Å². The molecule has 0 unspecified atom stereocenters. The van der Waals surface area contributed by atoms with E-state index in [1.807, 2.05) is 29.2 Å². The minimum atomic E-state index is -0.310. The number of carbonyl (C=O) groups excluding carboxylic acids is 2. The van der Waals surface area contributed by atoms with Gasteiger partial charge in [0.05, 0.1) is 6.54 Å². The number of carbonyl (C=O) groups is 2. The van der Waals surface area contributed by atoms with E-state index in [2.05, 4.69) is 27.3 Å². The summed E-state index contributed by atoms with van der Waals surface area (Å²) in [6.45, 7) is 5.77. The summed E-state index contributed by atoms with van der Waals surface area (Å²) in [6.07, 6.45) is 0.955. The molecule has 1 aliphatic heterocycles. The van der Waals surface area contributed by atoms with Crippen molar-refractivity contribution in [2.75, 3.05) is 26.2 Å². The normalized spacial score (nSPS) is 14.3.